The molecule has 0 aromatic heterocycles. The fraction of sp³-hybridized carbons (Fsp3) is 0.438. The summed E-state index contributed by atoms with van der Waals surface area (Å²) in [6.45, 7) is 0.280. The van der Waals surface area contributed by atoms with Gasteiger partial charge in [-0.25, -0.2) is 4.79 Å². The van der Waals surface area contributed by atoms with Gasteiger partial charge in [0.15, 0.2) is 0 Å². The van der Waals surface area contributed by atoms with Crippen molar-refractivity contribution in [3.63, 3.8) is 0 Å². The summed E-state index contributed by atoms with van der Waals surface area (Å²) in [5.74, 6) is -1.08. The topological polar surface area (TPSA) is 148 Å². The summed E-state index contributed by atoms with van der Waals surface area (Å²) in [5.41, 5.74) is 12.1. The number of nitrogens with two attached hydrogens (primary N) is 2. The Balaban J connectivity index is 2.41. The molecule has 0 bridgehead atoms. The second kappa shape index (κ2) is 10.2. The molecule has 0 aliphatic heterocycles. The van der Waals surface area contributed by atoms with Crippen molar-refractivity contribution in [1.29, 1.82) is 0 Å². The Kier molecular flexibility index (Phi) is 8.28. The highest BCUT2D eigenvalue weighted by molar-refractivity contribution is 5.89. The maximum atomic E-state index is 12.1. The summed E-state index contributed by atoms with van der Waals surface area (Å²) in [7, 11) is 0. The molecule has 132 valence electrons. The summed E-state index contributed by atoms with van der Waals surface area (Å²) >= 11 is 0. The van der Waals surface area contributed by atoms with Crippen LogP contribution in [0, 0.1) is 0 Å². The minimum absolute atomic E-state index is 0.280. The monoisotopic (exact) mass is 336 g/mol. The van der Waals surface area contributed by atoms with E-state index in [1.165, 1.54) is 0 Å². The fourth-order valence-corrected chi connectivity index (χ4v) is 2.19. The molecule has 0 spiro atoms. The van der Waals surface area contributed by atoms with Gasteiger partial charge in [0.05, 0.1) is 6.04 Å². The van der Waals surface area contributed by atoms with Gasteiger partial charge in [0.2, 0.25) is 11.8 Å². The maximum Gasteiger partial charge on any atom is 0.404 e. The zero-order valence-corrected chi connectivity index (χ0v) is 13.4. The lowest BCUT2D eigenvalue weighted by atomic mass is 10.0. The molecule has 1 rings (SSSR count). The highest BCUT2D eigenvalue weighted by Crippen LogP contribution is 2.04. The van der Waals surface area contributed by atoms with Gasteiger partial charge in [-0.15, -0.1) is 0 Å². The Hall–Kier alpha value is -2.61. The fourth-order valence-electron chi connectivity index (χ4n) is 2.19. The highest BCUT2D eigenvalue weighted by atomic mass is 16.4. The Morgan fingerprint density at radius 2 is 1.79 bits per heavy atom. The Bertz CT molecular complexity index is 550. The van der Waals surface area contributed by atoms with E-state index in [0.29, 0.717) is 25.7 Å². The minimum Gasteiger partial charge on any atom is -0.465 e. The van der Waals surface area contributed by atoms with Crippen LogP contribution >= 0.6 is 0 Å². The second-order valence-corrected chi connectivity index (χ2v) is 5.49. The number of hydrogen-bond donors (Lipinski definition) is 5. The number of rotatable bonds is 10. The third kappa shape index (κ3) is 7.59. The van der Waals surface area contributed by atoms with Crippen molar-refractivity contribution in [2.75, 3.05) is 6.54 Å². The SMILES string of the molecule is NC(=O)[C@H](CCCCNC(=O)O)NC(=O)[C@@H](N)Cc1ccccc1. The van der Waals surface area contributed by atoms with Gasteiger partial charge < -0.3 is 27.2 Å². The van der Waals surface area contributed by atoms with Gasteiger partial charge >= 0.3 is 6.09 Å². The van der Waals surface area contributed by atoms with Crippen molar-refractivity contribution in [2.45, 2.75) is 37.8 Å². The summed E-state index contributed by atoms with van der Waals surface area (Å²) < 4.78 is 0. The molecule has 0 heterocycles. The average molecular weight is 336 g/mol. The van der Waals surface area contributed by atoms with Crippen molar-refractivity contribution in [3.8, 4) is 0 Å². The molecule has 24 heavy (non-hydrogen) atoms. The molecular weight excluding hydrogens is 312 g/mol. The minimum atomic E-state index is -1.10. The van der Waals surface area contributed by atoms with E-state index in [9.17, 15) is 14.4 Å². The predicted molar refractivity (Wildman–Crippen MR) is 89.1 cm³/mol. The van der Waals surface area contributed by atoms with E-state index >= 15 is 0 Å². The number of benzene rings is 1. The lowest BCUT2D eigenvalue weighted by Crippen LogP contribution is -2.51. The molecule has 0 saturated carbocycles. The molecule has 0 unspecified atom stereocenters. The van der Waals surface area contributed by atoms with Crippen LogP contribution in [-0.2, 0) is 16.0 Å². The largest absolute Gasteiger partial charge is 0.465 e. The summed E-state index contributed by atoms with van der Waals surface area (Å²) in [5, 5.41) is 13.2. The number of hydrogen-bond acceptors (Lipinski definition) is 4. The standard InChI is InChI=1S/C16H24N4O4/c17-12(10-11-6-2-1-3-7-11)15(22)20-13(14(18)21)8-4-5-9-19-16(23)24/h1-3,6-7,12-13,19H,4-5,8-10,17H2,(H2,18,21)(H,20,22)(H,23,24)/t12-,13-/m0/s1. The summed E-state index contributed by atoms with van der Waals surface area (Å²) in [4.78, 5) is 33.9. The van der Waals surface area contributed by atoms with Crippen molar-refractivity contribution in [3.05, 3.63) is 35.9 Å². The van der Waals surface area contributed by atoms with Gasteiger partial charge in [-0.1, -0.05) is 30.3 Å². The number of nitrogens with one attached hydrogen (secondary N) is 2. The molecule has 2 atom stereocenters. The first-order valence-corrected chi connectivity index (χ1v) is 7.76. The molecule has 0 aliphatic carbocycles. The molecule has 1 aromatic rings. The Labute approximate surface area is 140 Å². The third-order valence-electron chi connectivity index (χ3n) is 3.49. The van der Waals surface area contributed by atoms with Crippen molar-refractivity contribution in [1.82, 2.24) is 10.6 Å². The molecular formula is C16H24N4O4. The molecule has 8 heteroatoms. The summed E-state index contributed by atoms with van der Waals surface area (Å²) in [6, 6.07) is 7.74. The zero-order valence-electron chi connectivity index (χ0n) is 13.4. The van der Waals surface area contributed by atoms with Crippen LogP contribution in [0.1, 0.15) is 24.8 Å². The average Bonchev–Trinajstić information content (AvgIpc) is 2.53. The molecule has 1 aromatic carbocycles. The van der Waals surface area contributed by atoms with E-state index in [-0.39, 0.29) is 6.54 Å². The van der Waals surface area contributed by atoms with Gasteiger partial charge in [0.1, 0.15) is 6.04 Å². The first kappa shape index (κ1) is 19.4. The van der Waals surface area contributed by atoms with Gasteiger partial charge in [0.25, 0.3) is 0 Å². The maximum absolute atomic E-state index is 12.1. The summed E-state index contributed by atoms with van der Waals surface area (Å²) in [6.07, 6.45) is 0.687. The number of unbranched alkanes of at least 4 members (excludes halogenated alkanes) is 1. The molecule has 3 amide bonds. The van der Waals surface area contributed by atoms with E-state index in [2.05, 4.69) is 10.6 Å². The van der Waals surface area contributed by atoms with Crippen LogP contribution in [0.2, 0.25) is 0 Å². The van der Waals surface area contributed by atoms with Crippen molar-refractivity contribution >= 4 is 17.9 Å². The first-order chi connectivity index (χ1) is 11.4. The van der Waals surface area contributed by atoms with E-state index in [0.717, 1.165) is 5.56 Å². The number of primary amides is 1. The van der Waals surface area contributed by atoms with Gasteiger partial charge in [-0.3, -0.25) is 9.59 Å². The predicted octanol–water partition coefficient (Wildman–Crippen LogP) is -0.0356. The molecule has 7 N–H and O–H groups in total. The van der Waals surface area contributed by atoms with Crippen LogP contribution in [0.4, 0.5) is 4.79 Å². The second-order valence-electron chi connectivity index (χ2n) is 5.49. The quantitative estimate of drug-likeness (QED) is 0.380. The van der Waals surface area contributed by atoms with Crippen LogP contribution in [0.5, 0.6) is 0 Å². The van der Waals surface area contributed by atoms with Crippen LogP contribution < -0.4 is 22.1 Å². The number of carboxylic acid groups (broad SMARTS) is 1. The van der Waals surface area contributed by atoms with Crippen LogP contribution in [0.15, 0.2) is 30.3 Å². The Morgan fingerprint density at radius 3 is 2.38 bits per heavy atom. The first-order valence-electron chi connectivity index (χ1n) is 7.76. The number of carbonyl (C=O) groups excluding carboxylic acids is 2. The van der Waals surface area contributed by atoms with Crippen LogP contribution in [0.3, 0.4) is 0 Å². The Morgan fingerprint density at radius 1 is 1.12 bits per heavy atom. The van der Waals surface area contributed by atoms with Gasteiger partial charge in [-0.05, 0) is 31.2 Å². The molecule has 0 fully saturated rings. The zero-order chi connectivity index (χ0) is 17.9. The third-order valence-corrected chi connectivity index (χ3v) is 3.49. The van der Waals surface area contributed by atoms with Gasteiger partial charge in [-0.2, -0.15) is 0 Å². The number of carbonyl (C=O) groups is 3. The van der Waals surface area contributed by atoms with Crippen LogP contribution in [-0.4, -0.2) is 41.6 Å². The normalized spacial score (nSPS) is 12.9. The lowest BCUT2D eigenvalue weighted by molar-refractivity contribution is -0.128. The highest BCUT2D eigenvalue weighted by Gasteiger charge is 2.21. The van der Waals surface area contributed by atoms with E-state index < -0.39 is 30.0 Å². The molecule has 8 nitrogen and oxygen atoms in total. The molecule has 0 aliphatic rings. The number of amides is 3. The van der Waals surface area contributed by atoms with Gasteiger partial charge in [0, 0.05) is 6.54 Å². The van der Waals surface area contributed by atoms with E-state index in [4.69, 9.17) is 16.6 Å². The van der Waals surface area contributed by atoms with E-state index in [1.54, 1.807) is 0 Å². The lowest BCUT2D eigenvalue weighted by Gasteiger charge is -2.18. The van der Waals surface area contributed by atoms with Crippen LogP contribution in [0.25, 0.3) is 0 Å². The van der Waals surface area contributed by atoms with Crippen molar-refractivity contribution < 1.29 is 19.5 Å². The smallest absolute Gasteiger partial charge is 0.404 e. The molecule has 0 radical (unpaired) electrons. The van der Waals surface area contributed by atoms with Crippen molar-refractivity contribution in [2.24, 2.45) is 11.5 Å². The van der Waals surface area contributed by atoms with E-state index in [1.807, 2.05) is 30.3 Å². The molecule has 0 saturated heterocycles.